The Hall–Kier alpha value is -2.17. The number of benzene rings is 1. The van der Waals surface area contributed by atoms with Gasteiger partial charge in [-0.25, -0.2) is 0 Å². The second kappa shape index (κ2) is 5.86. The smallest absolute Gasteiger partial charge is 0.307 e. The molecule has 1 rings (SSSR count). The highest BCUT2D eigenvalue weighted by molar-refractivity contribution is 5.84. The van der Waals surface area contributed by atoms with Crippen LogP contribution in [0.1, 0.15) is 47.8 Å². The Kier molecular flexibility index (Phi) is 4.65. The number of hydrogen-bond acceptors (Lipinski definition) is 3. The molecule has 0 saturated carbocycles. The van der Waals surface area contributed by atoms with Crippen LogP contribution >= 0.6 is 0 Å². The Morgan fingerprint density at radius 1 is 1.05 bits per heavy atom. The Bertz CT molecular complexity index is 552. The Morgan fingerprint density at radius 3 is 1.95 bits per heavy atom. The molecular formula is C15H18O5. The molecule has 0 bridgehead atoms. The van der Waals surface area contributed by atoms with Crippen molar-refractivity contribution in [3.63, 3.8) is 0 Å². The fourth-order valence-corrected chi connectivity index (χ4v) is 2.24. The molecule has 0 saturated heterocycles. The first-order valence-electron chi connectivity index (χ1n) is 6.20. The lowest BCUT2D eigenvalue weighted by Crippen LogP contribution is -2.20. The lowest BCUT2D eigenvalue weighted by molar-refractivity contribution is -0.137. The Labute approximate surface area is 117 Å². The van der Waals surface area contributed by atoms with E-state index in [4.69, 9.17) is 10.2 Å². The van der Waals surface area contributed by atoms with Gasteiger partial charge in [0.1, 0.15) is 6.29 Å². The van der Waals surface area contributed by atoms with Crippen LogP contribution in [0.2, 0.25) is 0 Å². The molecule has 0 spiro atoms. The van der Waals surface area contributed by atoms with Gasteiger partial charge in [-0.1, -0.05) is 32.9 Å². The maximum absolute atomic E-state index is 11.1. The van der Waals surface area contributed by atoms with Gasteiger partial charge in [-0.2, -0.15) is 0 Å². The highest BCUT2D eigenvalue weighted by Crippen LogP contribution is 2.30. The molecule has 1 aromatic carbocycles. The largest absolute Gasteiger partial charge is 0.481 e. The fourth-order valence-electron chi connectivity index (χ4n) is 2.24. The van der Waals surface area contributed by atoms with E-state index in [2.05, 4.69) is 0 Å². The van der Waals surface area contributed by atoms with Crippen molar-refractivity contribution in [2.45, 2.75) is 39.0 Å². The predicted octanol–water partition coefficient (Wildman–Crippen LogP) is 2.05. The average molecular weight is 278 g/mol. The first-order valence-corrected chi connectivity index (χ1v) is 6.20. The van der Waals surface area contributed by atoms with E-state index >= 15 is 0 Å². The zero-order valence-corrected chi connectivity index (χ0v) is 11.8. The van der Waals surface area contributed by atoms with Crippen molar-refractivity contribution in [1.82, 2.24) is 0 Å². The zero-order valence-electron chi connectivity index (χ0n) is 11.8. The third-order valence-corrected chi connectivity index (χ3v) is 3.06. The number of hydrogen-bond donors (Lipinski definition) is 2. The molecule has 0 aromatic heterocycles. The first-order chi connectivity index (χ1) is 9.16. The molecule has 0 heterocycles. The molecule has 1 aromatic rings. The summed E-state index contributed by atoms with van der Waals surface area (Å²) in [5.41, 5.74) is 1.37. The van der Waals surface area contributed by atoms with Gasteiger partial charge in [-0.05, 0) is 22.1 Å². The fraction of sp³-hybridized carbons (Fsp3) is 0.400. The molecule has 5 nitrogen and oxygen atoms in total. The molecule has 0 radical (unpaired) electrons. The van der Waals surface area contributed by atoms with E-state index in [0.29, 0.717) is 17.4 Å². The summed E-state index contributed by atoms with van der Waals surface area (Å²) in [5, 5.41) is 18.0. The quantitative estimate of drug-likeness (QED) is 0.804. The SMILES string of the molecule is CC(C)(C)c1ccc(C=O)c(CC(=O)O)c1CC(=O)O. The number of rotatable bonds is 5. The topological polar surface area (TPSA) is 91.7 Å². The van der Waals surface area contributed by atoms with E-state index in [1.165, 1.54) is 0 Å². The highest BCUT2D eigenvalue weighted by Gasteiger charge is 2.24. The van der Waals surface area contributed by atoms with E-state index in [1.807, 2.05) is 20.8 Å². The number of aldehydes is 1. The van der Waals surface area contributed by atoms with Crippen LogP contribution in [-0.2, 0) is 27.8 Å². The average Bonchev–Trinajstić information content (AvgIpc) is 2.28. The number of carboxylic acid groups (broad SMARTS) is 2. The van der Waals surface area contributed by atoms with Gasteiger partial charge in [0, 0.05) is 5.56 Å². The number of aliphatic carboxylic acids is 2. The van der Waals surface area contributed by atoms with Crippen LogP contribution in [0.4, 0.5) is 0 Å². The standard InChI is InChI=1S/C15H18O5/c1-15(2,3)12-5-4-9(8-16)10(6-13(17)18)11(12)7-14(19)20/h4-5,8H,6-7H2,1-3H3,(H,17,18)(H,19,20). The molecule has 2 N–H and O–H groups in total. The molecule has 20 heavy (non-hydrogen) atoms. The van der Waals surface area contributed by atoms with Crippen LogP contribution in [0.5, 0.6) is 0 Å². The maximum Gasteiger partial charge on any atom is 0.307 e. The molecule has 0 unspecified atom stereocenters. The molecule has 0 aliphatic carbocycles. The molecule has 0 atom stereocenters. The maximum atomic E-state index is 11.1. The molecule has 5 heteroatoms. The van der Waals surface area contributed by atoms with E-state index in [0.717, 1.165) is 5.56 Å². The lowest BCUT2D eigenvalue weighted by Gasteiger charge is -2.25. The van der Waals surface area contributed by atoms with Crippen molar-refractivity contribution >= 4 is 18.2 Å². The Morgan fingerprint density at radius 2 is 1.55 bits per heavy atom. The molecule has 0 fully saturated rings. The zero-order chi connectivity index (χ0) is 15.5. The van der Waals surface area contributed by atoms with E-state index in [1.54, 1.807) is 12.1 Å². The van der Waals surface area contributed by atoms with Gasteiger partial charge >= 0.3 is 11.9 Å². The van der Waals surface area contributed by atoms with E-state index < -0.39 is 11.9 Å². The molecule has 108 valence electrons. The minimum Gasteiger partial charge on any atom is -0.481 e. The predicted molar refractivity (Wildman–Crippen MR) is 73.2 cm³/mol. The summed E-state index contributed by atoms with van der Waals surface area (Å²) in [4.78, 5) is 33.1. The lowest BCUT2D eigenvalue weighted by atomic mass is 9.79. The Balaban J connectivity index is 3.59. The van der Waals surface area contributed by atoms with Gasteiger partial charge < -0.3 is 10.2 Å². The molecular weight excluding hydrogens is 260 g/mol. The van der Waals surface area contributed by atoms with Gasteiger partial charge in [0.15, 0.2) is 0 Å². The molecule has 0 aliphatic heterocycles. The van der Waals surface area contributed by atoms with Crippen molar-refractivity contribution in [3.8, 4) is 0 Å². The first kappa shape index (κ1) is 15.9. The van der Waals surface area contributed by atoms with Crippen molar-refractivity contribution in [1.29, 1.82) is 0 Å². The van der Waals surface area contributed by atoms with Crippen LogP contribution < -0.4 is 0 Å². The second-order valence-corrected chi connectivity index (χ2v) is 5.67. The third kappa shape index (κ3) is 3.66. The van der Waals surface area contributed by atoms with Crippen LogP contribution in [0.15, 0.2) is 12.1 Å². The normalized spacial score (nSPS) is 11.2. The highest BCUT2D eigenvalue weighted by atomic mass is 16.4. The minimum absolute atomic E-state index is 0.233. The van der Waals surface area contributed by atoms with E-state index in [9.17, 15) is 14.4 Å². The summed E-state index contributed by atoms with van der Waals surface area (Å²) in [7, 11) is 0. The van der Waals surface area contributed by atoms with Crippen molar-refractivity contribution in [2.75, 3.05) is 0 Å². The summed E-state index contributed by atoms with van der Waals surface area (Å²) in [6.07, 6.45) is -0.0897. The molecule has 0 amide bonds. The van der Waals surface area contributed by atoms with Crippen molar-refractivity contribution in [3.05, 3.63) is 34.4 Å². The summed E-state index contributed by atoms with van der Waals surface area (Å²) < 4.78 is 0. The second-order valence-electron chi connectivity index (χ2n) is 5.67. The summed E-state index contributed by atoms with van der Waals surface area (Å²) >= 11 is 0. The number of carbonyl (C=O) groups excluding carboxylic acids is 1. The number of carbonyl (C=O) groups is 3. The number of carboxylic acids is 2. The van der Waals surface area contributed by atoms with Crippen LogP contribution in [0.25, 0.3) is 0 Å². The van der Waals surface area contributed by atoms with Crippen LogP contribution in [0.3, 0.4) is 0 Å². The van der Waals surface area contributed by atoms with Crippen molar-refractivity contribution < 1.29 is 24.6 Å². The van der Waals surface area contributed by atoms with Crippen LogP contribution in [0, 0.1) is 0 Å². The van der Waals surface area contributed by atoms with E-state index in [-0.39, 0.29) is 23.8 Å². The minimum atomic E-state index is -1.09. The monoisotopic (exact) mass is 278 g/mol. The summed E-state index contributed by atoms with van der Waals surface area (Å²) in [6.45, 7) is 5.75. The third-order valence-electron chi connectivity index (χ3n) is 3.06. The van der Waals surface area contributed by atoms with Gasteiger partial charge in [0.2, 0.25) is 0 Å². The van der Waals surface area contributed by atoms with Gasteiger partial charge in [-0.3, -0.25) is 14.4 Å². The van der Waals surface area contributed by atoms with Gasteiger partial charge in [0.05, 0.1) is 12.8 Å². The van der Waals surface area contributed by atoms with Crippen LogP contribution in [-0.4, -0.2) is 28.4 Å². The van der Waals surface area contributed by atoms with Gasteiger partial charge in [-0.15, -0.1) is 0 Å². The summed E-state index contributed by atoms with van der Waals surface area (Å²) in [6, 6.07) is 3.25. The van der Waals surface area contributed by atoms with Crippen molar-refractivity contribution in [2.24, 2.45) is 0 Å². The summed E-state index contributed by atoms with van der Waals surface area (Å²) in [5.74, 6) is -2.14. The van der Waals surface area contributed by atoms with Gasteiger partial charge in [0.25, 0.3) is 0 Å². The molecule has 0 aliphatic rings.